The van der Waals surface area contributed by atoms with E-state index in [4.69, 9.17) is 17.0 Å². The molecule has 0 saturated carbocycles. The number of rotatable bonds is 6. The fourth-order valence-corrected chi connectivity index (χ4v) is 2.58. The molecule has 0 aromatic heterocycles. The molecule has 0 unspecified atom stereocenters. The zero-order valence-electron chi connectivity index (χ0n) is 13.6. The second-order valence-electron chi connectivity index (χ2n) is 5.45. The molecule has 0 spiro atoms. The molecule has 1 aliphatic heterocycles. The Balaban J connectivity index is 1.81. The van der Waals surface area contributed by atoms with Gasteiger partial charge in [0.15, 0.2) is 5.11 Å². The highest BCUT2D eigenvalue weighted by molar-refractivity contribution is 7.80. The smallest absolute Gasteiger partial charge is 0.278 e. The van der Waals surface area contributed by atoms with Crippen molar-refractivity contribution in [3.05, 3.63) is 39.9 Å². The van der Waals surface area contributed by atoms with Crippen molar-refractivity contribution in [1.29, 1.82) is 0 Å². The average molecular weight is 352 g/mol. The predicted octanol–water partition coefficient (Wildman–Crippen LogP) is -0.302. The number of thiocarbonyl (C=S) groups is 1. The van der Waals surface area contributed by atoms with Crippen LogP contribution in [-0.2, 0) is 4.74 Å². The highest BCUT2D eigenvalue weighted by atomic mass is 32.1. The molecule has 0 aliphatic carbocycles. The van der Waals surface area contributed by atoms with Gasteiger partial charge in [-0.2, -0.15) is 5.10 Å². The average Bonchev–Trinajstić information content (AvgIpc) is 2.60. The van der Waals surface area contributed by atoms with Crippen molar-refractivity contribution in [2.75, 3.05) is 39.4 Å². The molecule has 1 heterocycles. The van der Waals surface area contributed by atoms with E-state index in [1.807, 2.05) is 0 Å². The molecule has 0 radical (unpaired) electrons. The van der Waals surface area contributed by atoms with Crippen molar-refractivity contribution < 1.29 is 14.6 Å². The summed E-state index contributed by atoms with van der Waals surface area (Å²) in [5.74, 6) is 0. The Morgan fingerprint density at radius 3 is 2.83 bits per heavy atom. The molecule has 1 aromatic carbocycles. The van der Waals surface area contributed by atoms with E-state index in [2.05, 4.69) is 15.8 Å². The quantitative estimate of drug-likeness (QED) is 0.282. The molecule has 9 heteroatoms. The lowest BCUT2D eigenvalue weighted by Crippen LogP contribution is -3.14. The molecule has 8 nitrogen and oxygen atoms in total. The number of quaternary nitrogens is 1. The summed E-state index contributed by atoms with van der Waals surface area (Å²) in [4.78, 5) is 12.1. The van der Waals surface area contributed by atoms with Gasteiger partial charge in [0, 0.05) is 6.07 Å². The molecule has 24 heavy (non-hydrogen) atoms. The Hall–Kier alpha value is -2.10. The number of para-hydroxylation sites is 1. The summed E-state index contributed by atoms with van der Waals surface area (Å²) in [6.45, 7) is 7.03. The Morgan fingerprint density at radius 2 is 2.12 bits per heavy atom. The van der Waals surface area contributed by atoms with Gasteiger partial charge in [-0.15, -0.1) is 0 Å². The molecule has 0 atom stereocenters. The third-order valence-electron chi connectivity index (χ3n) is 3.78. The van der Waals surface area contributed by atoms with Crippen LogP contribution in [-0.4, -0.2) is 55.1 Å². The first-order valence-electron chi connectivity index (χ1n) is 7.81. The summed E-state index contributed by atoms with van der Waals surface area (Å²) in [7, 11) is 0. The number of hydrogen-bond acceptors (Lipinski definition) is 5. The number of ether oxygens (including phenoxy) is 1. The van der Waals surface area contributed by atoms with E-state index in [1.165, 1.54) is 11.0 Å². The minimum Gasteiger partial charge on any atom is -0.370 e. The van der Waals surface area contributed by atoms with Gasteiger partial charge in [-0.3, -0.25) is 15.5 Å². The number of hydrogen-bond donors (Lipinski definition) is 3. The zero-order chi connectivity index (χ0) is 17.4. The summed E-state index contributed by atoms with van der Waals surface area (Å²) >= 11 is 5.18. The Labute approximate surface area is 146 Å². The highest BCUT2D eigenvalue weighted by Gasteiger charge is 2.15. The number of hydrazone groups is 1. The number of benzene rings is 1. The van der Waals surface area contributed by atoms with Gasteiger partial charge in [0.05, 0.1) is 42.5 Å². The van der Waals surface area contributed by atoms with Gasteiger partial charge in [0.1, 0.15) is 13.1 Å². The van der Waals surface area contributed by atoms with Crippen LogP contribution >= 0.6 is 12.2 Å². The van der Waals surface area contributed by atoms with Crippen LogP contribution in [0.25, 0.3) is 0 Å². The lowest BCUT2D eigenvalue weighted by Gasteiger charge is -2.23. The van der Waals surface area contributed by atoms with Crippen molar-refractivity contribution in [2.24, 2.45) is 5.10 Å². The third-order valence-corrected chi connectivity index (χ3v) is 4.02. The number of nitro benzene ring substituents is 1. The minimum absolute atomic E-state index is 0.0235. The van der Waals surface area contributed by atoms with Crippen LogP contribution in [0, 0.1) is 10.1 Å². The van der Waals surface area contributed by atoms with Crippen molar-refractivity contribution in [1.82, 2.24) is 10.7 Å². The lowest BCUT2D eigenvalue weighted by molar-refractivity contribution is -0.906. The fraction of sp³-hybridized carbons (Fsp3) is 0.467. The summed E-state index contributed by atoms with van der Waals surface area (Å²) in [6, 6.07) is 6.48. The van der Waals surface area contributed by atoms with E-state index in [-0.39, 0.29) is 5.69 Å². The molecule has 130 valence electrons. The minimum atomic E-state index is -0.421. The molecule has 0 amide bonds. The van der Waals surface area contributed by atoms with Crippen LogP contribution in [0.4, 0.5) is 5.69 Å². The van der Waals surface area contributed by atoms with Crippen molar-refractivity contribution in [3.8, 4) is 0 Å². The van der Waals surface area contributed by atoms with Crippen molar-refractivity contribution >= 4 is 28.7 Å². The molecule has 1 aromatic rings. The van der Waals surface area contributed by atoms with Crippen molar-refractivity contribution in [3.63, 3.8) is 0 Å². The summed E-state index contributed by atoms with van der Waals surface area (Å²) in [5, 5.41) is 18.7. The SMILES string of the molecule is C/C(=N/NC(=S)NCC[NH+]1CCOCC1)c1ccccc1[N+](=O)[O-]. The molecule has 3 N–H and O–H groups in total. The van der Waals surface area contributed by atoms with Gasteiger partial charge in [-0.1, -0.05) is 12.1 Å². The lowest BCUT2D eigenvalue weighted by atomic mass is 10.1. The van der Waals surface area contributed by atoms with Gasteiger partial charge in [-0.05, 0) is 25.2 Å². The highest BCUT2D eigenvalue weighted by Crippen LogP contribution is 2.18. The number of nitrogens with one attached hydrogen (secondary N) is 3. The normalized spacial score (nSPS) is 15.8. The maximum Gasteiger partial charge on any atom is 0.278 e. The van der Waals surface area contributed by atoms with Gasteiger partial charge in [-0.25, -0.2) is 0 Å². The standard InChI is InChI=1S/C15H21N5O3S/c1-12(13-4-2-3-5-14(13)20(21)22)17-18-15(24)16-6-7-19-8-10-23-11-9-19/h2-5H,6-11H2,1H3,(H2,16,18,24)/p+1/b17-12-. The van der Waals surface area contributed by atoms with E-state index in [1.54, 1.807) is 25.1 Å². The predicted molar refractivity (Wildman–Crippen MR) is 95.4 cm³/mol. The largest absolute Gasteiger partial charge is 0.370 e. The molecule has 0 bridgehead atoms. The molecule has 1 saturated heterocycles. The molecular formula is C15H22N5O3S+. The van der Waals surface area contributed by atoms with Crippen LogP contribution in [0.2, 0.25) is 0 Å². The summed E-state index contributed by atoms with van der Waals surface area (Å²) in [6.07, 6.45) is 0. The monoisotopic (exact) mass is 352 g/mol. The first-order chi connectivity index (χ1) is 11.6. The van der Waals surface area contributed by atoms with Gasteiger partial charge in [0.25, 0.3) is 5.69 Å². The molecule has 1 fully saturated rings. The first-order valence-corrected chi connectivity index (χ1v) is 8.22. The number of nitro groups is 1. The maximum atomic E-state index is 11.0. The van der Waals surface area contributed by atoms with E-state index < -0.39 is 4.92 Å². The Kier molecular flexibility index (Phi) is 7.04. The number of nitrogens with zero attached hydrogens (tertiary/aromatic N) is 2. The second-order valence-corrected chi connectivity index (χ2v) is 5.86. The summed E-state index contributed by atoms with van der Waals surface area (Å²) < 4.78 is 5.32. The van der Waals surface area contributed by atoms with Crippen LogP contribution in [0.15, 0.2) is 29.4 Å². The fourth-order valence-electron chi connectivity index (χ4n) is 2.44. The summed E-state index contributed by atoms with van der Waals surface area (Å²) in [5.41, 5.74) is 3.73. The van der Waals surface area contributed by atoms with Gasteiger partial charge >= 0.3 is 0 Å². The zero-order valence-corrected chi connectivity index (χ0v) is 14.4. The number of morpholine rings is 1. The van der Waals surface area contributed by atoms with E-state index >= 15 is 0 Å². The molecule has 2 rings (SSSR count). The van der Waals surface area contributed by atoms with Crippen LogP contribution in [0.5, 0.6) is 0 Å². The third kappa shape index (κ3) is 5.52. The maximum absolute atomic E-state index is 11.0. The molecular weight excluding hydrogens is 330 g/mol. The van der Waals surface area contributed by atoms with E-state index in [0.29, 0.717) is 16.4 Å². The van der Waals surface area contributed by atoms with Gasteiger partial charge in [0.2, 0.25) is 0 Å². The molecule has 1 aliphatic rings. The van der Waals surface area contributed by atoms with Crippen LogP contribution < -0.4 is 15.6 Å². The second kappa shape index (κ2) is 9.26. The topological polar surface area (TPSA) is 93.2 Å². The Morgan fingerprint density at radius 1 is 1.42 bits per heavy atom. The van der Waals surface area contributed by atoms with E-state index in [0.717, 1.165) is 39.4 Å². The van der Waals surface area contributed by atoms with Crippen molar-refractivity contribution in [2.45, 2.75) is 6.92 Å². The van der Waals surface area contributed by atoms with Crippen LogP contribution in [0.1, 0.15) is 12.5 Å². The first kappa shape index (κ1) is 18.2. The Bertz CT molecular complexity index is 617. The van der Waals surface area contributed by atoms with Gasteiger partial charge < -0.3 is 15.0 Å². The van der Waals surface area contributed by atoms with E-state index in [9.17, 15) is 10.1 Å². The van der Waals surface area contributed by atoms with Crippen LogP contribution in [0.3, 0.4) is 0 Å².